The van der Waals surface area contributed by atoms with Gasteiger partial charge in [-0.2, -0.15) is 0 Å². The maximum atomic E-state index is 13.5. The van der Waals surface area contributed by atoms with E-state index in [-0.39, 0.29) is 11.9 Å². The van der Waals surface area contributed by atoms with Crippen LogP contribution in [0.25, 0.3) is 0 Å². The van der Waals surface area contributed by atoms with Crippen LogP contribution >= 0.6 is 15.9 Å². The zero-order valence-electron chi connectivity index (χ0n) is 12.2. The van der Waals surface area contributed by atoms with Crippen LogP contribution in [-0.2, 0) is 0 Å². The van der Waals surface area contributed by atoms with E-state index < -0.39 is 0 Å². The maximum absolute atomic E-state index is 13.5. The third-order valence-electron chi connectivity index (χ3n) is 3.39. The summed E-state index contributed by atoms with van der Waals surface area (Å²) in [6.45, 7) is 7.60. The average Bonchev–Trinajstić information content (AvgIpc) is 2.38. The Morgan fingerprint density at radius 2 is 2.00 bits per heavy atom. The molecule has 2 atom stereocenters. The maximum Gasteiger partial charge on any atom is 0.123 e. The molecule has 0 aliphatic heterocycles. The van der Waals surface area contributed by atoms with Gasteiger partial charge in [0.05, 0.1) is 0 Å². The normalized spacial score (nSPS) is 14.4. The molecule has 3 heteroatoms. The van der Waals surface area contributed by atoms with Gasteiger partial charge in [0.15, 0.2) is 0 Å². The molecule has 1 aromatic carbocycles. The summed E-state index contributed by atoms with van der Waals surface area (Å²) < 4.78 is 14.5. The Morgan fingerprint density at radius 3 is 2.63 bits per heavy atom. The van der Waals surface area contributed by atoms with Crippen molar-refractivity contribution in [3.63, 3.8) is 0 Å². The highest BCUT2D eigenvalue weighted by molar-refractivity contribution is 9.10. The van der Waals surface area contributed by atoms with Crippen LogP contribution in [0.2, 0.25) is 0 Å². The van der Waals surface area contributed by atoms with Gasteiger partial charge >= 0.3 is 0 Å². The van der Waals surface area contributed by atoms with Crippen LogP contribution in [0.15, 0.2) is 22.7 Å². The Labute approximate surface area is 125 Å². The highest BCUT2D eigenvalue weighted by Gasteiger charge is 2.17. The Balaban J connectivity index is 2.85. The largest absolute Gasteiger partial charge is 0.310 e. The summed E-state index contributed by atoms with van der Waals surface area (Å²) >= 11 is 3.55. The Morgan fingerprint density at radius 1 is 1.26 bits per heavy atom. The molecule has 2 unspecified atom stereocenters. The standard InChI is InChI=1S/C16H25BrFN/c1-4-6-12(3)10-16(19-9-5-2)14-11-13(18)7-8-15(14)17/h7-8,11-12,16,19H,4-6,9-10H2,1-3H3. The van der Waals surface area contributed by atoms with Gasteiger partial charge in [0.1, 0.15) is 5.82 Å². The molecular weight excluding hydrogens is 305 g/mol. The second kappa shape index (κ2) is 8.70. The molecule has 0 saturated heterocycles. The molecule has 0 heterocycles. The molecule has 0 radical (unpaired) electrons. The summed E-state index contributed by atoms with van der Waals surface area (Å²) in [6.07, 6.45) is 4.56. The van der Waals surface area contributed by atoms with E-state index in [4.69, 9.17) is 0 Å². The van der Waals surface area contributed by atoms with E-state index in [2.05, 4.69) is 42.0 Å². The van der Waals surface area contributed by atoms with E-state index in [0.717, 1.165) is 29.4 Å². The first-order chi connectivity index (χ1) is 9.08. The SMILES string of the molecule is CCCNC(CC(C)CCC)c1cc(F)ccc1Br. The van der Waals surface area contributed by atoms with Crippen LogP contribution in [0, 0.1) is 11.7 Å². The lowest BCUT2D eigenvalue weighted by atomic mass is 9.93. The average molecular weight is 330 g/mol. The van der Waals surface area contributed by atoms with Gasteiger partial charge in [0, 0.05) is 10.5 Å². The molecule has 0 spiro atoms. The smallest absolute Gasteiger partial charge is 0.123 e. The first-order valence-corrected chi connectivity index (χ1v) is 8.06. The molecule has 1 N–H and O–H groups in total. The fraction of sp³-hybridized carbons (Fsp3) is 0.625. The fourth-order valence-electron chi connectivity index (χ4n) is 2.43. The lowest BCUT2D eigenvalue weighted by Crippen LogP contribution is -2.24. The second-order valence-corrected chi connectivity index (χ2v) is 6.16. The third-order valence-corrected chi connectivity index (χ3v) is 4.12. The minimum Gasteiger partial charge on any atom is -0.310 e. The van der Waals surface area contributed by atoms with Crippen molar-refractivity contribution in [3.8, 4) is 0 Å². The third kappa shape index (κ3) is 5.62. The van der Waals surface area contributed by atoms with E-state index >= 15 is 0 Å². The van der Waals surface area contributed by atoms with Crippen LogP contribution in [0.5, 0.6) is 0 Å². The number of nitrogens with one attached hydrogen (secondary N) is 1. The highest BCUT2D eigenvalue weighted by atomic mass is 79.9. The van der Waals surface area contributed by atoms with Crippen molar-refractivity contribution in [1.82, 2.24) is 5.32 Å². The quantitative estimate of drug-likeness (QED) is 0.668. The first kappa shape index (κ1) is 16.6. The van der Waals surface area contributed by atoms with Crippen LogP contribution in [0.3, 0.4) is 0 Å². The van der Waals surface area contributed by atoms with E-state index in [0.29, 0.717) is 5.92 Å². The van der Waals surface area contributed by atoms with Crippen molar-refractivity contribution in [2.75, 3.05) is 6.54 Å². The predicted molar refractivity (Wildman–Crippen MR) is 83.8 cm³/mol. The molecule has 1 nitrogen and oxygen atoms in total. The van der Waals surface area contributed by atoms with E-state index in [1.807, 2.05) is 0 Å². The van der Waals surface area contributed by atoms with Crippen molar-refractivity contribution < 1.29 is 4.39 Å². The zero-order chi connectivity index (χ0) is 14.3. The van der Waals surface area contributed by atoms with E-state index in [1.54, 1.807) is 12.1 Å². The zero-order valence-corrected chi connectivity index (χ0v) is 13.8. The van der Waals surface area contributed by atoms with Gasteiger partial charge in [0.25, 0.3) is 0 Å². The summed E-state index contributed by atoms with van der Waals surface area (Å²) in [5.41, 5.74) is 1.04. The lowest BCUT2D eigenvalue weighted by molar-refractivity contribution is 0.388. The van der Waals surface area contributed by atoms with Gasteiger partial charge in [-0.05, 0) is 49.1 Å². The number of rotatable bonds is 8. The highest BCUT2D eigenvalue weighted by Crippen LogP contribution is 2.30. The van der Waals surface area contributed by atoms with Gasteiger partial charge in [-0.15, -0.1) is 0 Å². The summed E-state index contributed by atoms with van der Waals surface area (Å²) in [5, 5.41) is 3.55. The molecule has 108 valence electrons. The molecule has 1 aromatic rings. The molecule has 0 aromatic heterocycles. The summed E-state index contributed by atoms with van der Waals surface area (Å²) in [4.78, 5) is 0. The molecule has 0 saturated carbocycles. The van der Waals surface area contributed by atoms with Gasteiger partial charge in [-0.3, -0.25) is 0 Å². The number of benzene rings is 1. The summed E-state index contributed by atoms with van der Waals surface area (Å²) in [5.74, 6) is 0.485. The van der Waals surface area contributed by atoms with Crippen molar-refractivity contribution in [3.05, 3.63) is 34.1 Å². The second-order valence-electron chi connectivity index (χ2n) is 5.30. The van der Waals surface area contributed by atoms with E-state index in [1.165, 1.54) is 18.9 Å². The monoisotopic (exact) mass is 329 g/mol. The molecular formula is C16H25BrFN. The molecule has 0 fully saturated rings. The summed E-state index contributed by atoms with van der Waals surface area (Å²) in [7, 11) is 0. The minimum absolute atomic E-state index is 0.162. The predicted octanol–water partition coefficient (Wildman–Crippen LogP) is 5.46. The lowest BCUT2D eigenvalue weighted by Gasteiger charge is -2.23. The molecule has 0 aliphatic rings. The molecule has 0 aliphatic carbocycles. The number of hydrogen-bond donors (Lipinski definition) is 1. The van der Waals surface area contributed by atoms with Crippen molar-refractivity contribution in [2.24, 2.45) is 5.92 Å². The molecule has 0 amide bonds. The van der Waals surface area contributed by atoms with Gasteiger partial charge in [-0.25, -0.2) is 4.39 Å². The fourth-order valence-corrected chi connectivity index (χ4v) is 2.96. The molecule has 19 heavy (non-hydrogen) atoms. The van der Waals surface area contributed by atoms with E-state index in [9.17, 15) is 4.39 Å². The Hall–Kier alpha value is -0.410. The Kier molecular flexibility index (Phi) is 7.62. The Bertz CT molecular complexity index is 381. The topological polar surface area (TPSA) is 12.0 Å². The summed E-state index contributed by atoms with van der Waals surface area (Å²) in [6, 6.07) is 5.18. The van der Waals surface area contributed by atoms with Crippen LogP contribution < -0.4 is 5.32 Å². The number of hydrogen-bond acceptors (Lipinski definition) is 1. The van der Waals surface area contributed by atoms with Crippen LogP contribution in [0.4, 0.5) is 4.39 Å². The first-order valence-electron chi connectivity index (χ1n) is 7.26. The minimum atomic E-state index is -0.162. The van der Waals surface area contributed by atoms with Gasteiger partial charge < -0.3 is 5.32 Å². The van der Waals surface area contributed by atoms with Crippen LogP contribution in [-0.4, -0.2) is 6.54 Å². The number of halogens is 2. The van der Waals surface area contributed by atoms with Crippen LogP contribution in [0.1, 0.15) is 58.1 Å². The van der Waals surface area contributed by atoms with Crippen molar-refractivity contribution >= 4 is 15.9 Å². The van der Waals surface area contributed by atoms with Crippen molar-refractivity contribution in [1.29, 1.82) is 0 Å². The molecule has 0 bridgehead atoms. The van der Waals surface area contributed by atoms with Gasteiger partial charge in [-0.1, -0.05) is 49.5 Å². The van der Waals surface area contributed by atoms with Gasteiger partial charge in [0.2, 0.25) is 0 Å². The van der Waals surface area contributed by atoms with Crippen molar-refractivity contribution in [2.45, 2.75) is 52.5 Å². The molecule has 1 rings (SSSR count).